The number of thiocarbonyl (C=S) groups is 1. The molecular formula is C21H27N3O3S. The van der Waals surface area contributed by atoms with Crippen molar-refractivity contribution in [3.63, 3.8) is 0 Å². The van der Waals surface area contributed by atoms with Gasteiger partial charge < -0.3 is 19.5 Å². The summed E-state index contributed by atoms with van der Waals surface area (Å²) < 4.78 is 16.5. The molecule has 28 heavy (non-hydrogen) atoms. The molecule has 2 aromatic rings. The van der Waals surface area contributed by atoms with Gasteiger partial charge in [0.2, 0.25) is 0 Å². The van der Waals surface area contributed by atoms with Crippen molar-refractivity contribution in [1.29, 1.82) is 0 Å². The molecule has 0 heterocycles. The molecule has 0 atom stereocenters. The highest BCUT2D eigenvalue weighted by Gasteiger charge is 2.06. The van der Waals surface area contributed by atoms with E-state index in [1.807, 2.05) is 42.5 Å². The number of hydrogen-bond donors (Lipinski definition) is 2. The van der Waals surface area contributed by atoms with Crippen LogP contribution < -0.4 is 25.0 Å². The van der Waals surface area contributed by atoms with Gasteiger partial charge in [-0.1, -0.05) is 26.0 Å². The highest BCUT2D eigenvalue weighted by atomic mass is 32.1. The third kappa shape index (κ3) is 6.74. The third-order valence-corrected chi connectivity index (χ3v) is 4.07. The fraction of sp³-hybridized carbons (Fsp3) is 0.333. The second-order valence-electron chi connectivity index (χ2n) is 6.47. The van der Waals surface area contributed by atoms with E-state index in [4.69, 9.17) is 26.4 Å². The molecule has 2 N–H and O–H groups in total. The molecule has 0 fully saturated rings. The Kier molecular flexibility index (Phi) is 8.55. The van der Waals surface area contributed by atoms with Crippen molar-refractivity contribution in [2.75, 3.05) is 26.1 Å². The maximum absolute atomic E-state index is 5.80. The Labute approximate surface area is 171 Å². The van der Waals surface area contributed by atoms with Gasteiger partial charge in [0, 0.05) is 0 Å². The van der Waals surface area contributed by atoms with Gasteiger partial charge in [-0.2, -0.15) is 5.10 Å². The largest absolute Gasteiger partial charge is 0.495 e. The van der Waals surface area contributed by atoms with E-state index in [1.165, 1.54) is 0 Å². The molecule has 0 saturated heterocycles. The monoisotopic (exact) mass is 401 g/mol. The second kappa shape index (κ2) is 11.1. The molecule has 0 amide bonds. The molecule has 0 saturated carbocycles. The van der Waals surface area contributed by atoms with Gasteiger partial charge >= 0.3 is 0 Å². The molecule has 0 aliphatic rings. The third-order valence-electron chi connectivity index (χ3n) is 3.88. The Bertz CT molecular complexity index is 809. The van der Waals surface area contributed by atoms with Crippen LogP contribution in [0.4, 0.5) is 5.69 Å². The van der Waals surface area contributed by atoms with E-state index in [-0.39, 0.29) is 0 Å². The van der Waals surface area contributed by atoms with Crippen LogP contribution in [0.3, 0.4) is 0 Å². The van der Waals surface area contributed by atoms with Gasteiger partial charge in [-0.05, 0) is 60.5 Å². The first kappa shape index (κ1) is 21.5. The minimum absolute atomic E-state index is 0.362. The number of hydrogen-bond acceptors (Lipinski definition) is 5. The van der Waals surface area contributed by atoms with E-state index in [0.717, 1.165) is 23.4 Å². The molecule has 0 aromatic heterocycles. The van der Waals surface area contributed by atoms with Crippen molar-refractivity contribution in [3.8, 4) is 17.2 Å². The van der Waals surface area contributed by atoms with Gasteiger partial charge in [-0.3, -0.25) is 5.43 Å². The molecule has 0 radical (unpaired) electrons. The first-order valence-corrected chi connectivity index (χ1v) is 9.48. The molecule has 6 nitrogen and oxygen atoms in total. The van der Waals surface area contributed by atoms with Crippen LogP contribution in [0.15, 0.2) is 47.6 Å². The fourth-order valence-electron chi connectivity index (χ4n) is 2.35. The van der Waals surface area contributed by atoms with Crippen LogP contribution in [-0.2, 0) is 0 Å². The highest BCUT2D eigenvalue weighted by Crippen LogP contribution is 2.28. The van der Waals surface area contributed by atoms with Gasteiger partial charge in [-0.15, -0.1) is 0 Å². The van der Waals surface area contributed by atoms with E-state index in [0.29, 0.717) is 29.1 Å². The Hall–Kier alpha value is -2.80. The Morgan fingerprint density at radius 3 is 2.54 bits per heavy atom. The van der Waals surface area contributed by atoms with Crippen molar-refractivity contribution < 1.29 is 14.2 Å². The predicted octanol–water partition coefficient (Wildman–Crippen LogP) is 4.45. The summed E-state index contributed by atoms with van der Waals surface area (Å²) in [7, 11) is 3.23. The SMILES string of the molecule is COc1ccccc1NC(=S)NN=Cc1ccc(OCCC(C)C)c(OC)c1. The zero-order chi connectivity index (χ0) is 20.4. The number of nitrogens with one attached hydrogen (secondary N) is 2. The fourth-order valence-corrected chi connectivity index (χ4v) is 2.51. The van der Waals surface area contributed by atoms with Crippen molar-refractivity contribution in [3.05, 3.63) is 48.0 Å². The molecule has 150 valence electrons. The number of ether oxygens (including phenoxy) is 3. The lowest BCUT2D eigenvalue weighted by atomic mass is 10.1. The molecule has 7 heteroatoms. The lowest BCUT2D eigenvalue weighted by molar-refractivity contribution is 0.273. The van der Waals surface area contributed by atoms with Gasteiger partial charge in [0.15, 0.2) is 16.6 Å². The summed E-state index contributed by atoms with van der Waals surface area (Å²) in [4.78, 5) is 0. The maximum atomic E-state index is 5.80. The van der Waals surface area contributed by atoms with Crippen molar-refractivity contribution in [1.82, 2.24) is 5.43 Å². The zero-order valence-electron chi connectivity index (χ0n) is 16.7. The number of methoxy groups -OCH3 is 2. The van der Waals surface area contributed by atoms with Gasteiger partial charge in [0.1, 0.15) is 5.75 Å². The quantitative estimate of drug-likeness (QED) is 0.368. The van der Waals surface area contributed by atoms with Gasteiger partial charge in [-0.25, -0.2) is 0 Å². The minimum atomic E-state index is 0.362. The van der Waals surface area contributed by atoms with E-state index in [2.05, 4.69) is 29.7 Å². The number of anilines is 1. The van der Waals surface area contributed by atoms with Gasteiger partial charge in [0.05, 0.1) is 32.7 Å². The number of rotatable bonds is 9. The van der Waals surface area contributed by atoms with Crippen LogP contribution in [0.1, 0.15) is 25.8 Å². The Balaban J connectivity index is 1.93. The number of hydrazone groups is 1. The average molecular weight is 402 g/mol. The Morgan fingerprint density at radius 1 is 1.07 bits per heavy atom. The maximum Gasteiger partial charge on any atom is 0.191 e. The molecule has 0 bridgehead atoms. The molecule has 0 aliphatic carbocycles. The van der Waals surface area contributed by atoms with Crippen LogP contribution in [0, 0.1) is 5.92 Å². The standard InChI is InChI=1S/C21H27N3O3S/c1-15(2)11-12-27-19-10-9-16(13-20(19)26-4)14-22-24-21(28)23-17-7-5-6-8-18(17)25-3/h5-10,13-15H,11-12H2,1-4H3,(H2,23,24,28). The minimum Gasteiger partial charge on any atom is -0.495 e. The van der Waals surface area contributed by atoms with Crippen LogP contribution in [0.2, 0.25) is 0 Å². The summed E-state index contributed by atoms with van der Waals surface area (Å²) in [6, 6.07) is 13.2. The first-order valence-electron chi connectivity index (χ1n) is 9.07. The van der Waals surface area contributed by atoms with Crippen LogP contribution >= 0.6 is 12.2 Å². The first-order chi connectivity index (χ1) is 13.5. The van der Waals surface area contributed by atoms with Crippen LogP contribution in [0.5, 0.6) is 17.2 Å². The molecule has 0 spiro atoms. The summed E-state index contributed by atoms with van der Waals surface area (Å²) in [6.45, 7) is 4.99. The summed E-state index contributed by atoms with van der Waals surface area (Å²) in [5.74, 6) is 2.69. The summed E-state index contributed by atoms with van der Waals surface area (Å²) in [5, 5.41) is 7.58. The van der Waals surface area contributed by atoms with Crippen LogP contribution in [-0.4, -0.2) is 32.2 Å². The number of para-hydroxylation sites is 2. The van der Waals surface area contributed by atoms with Crippen molar-refractivity contribution >= 4 is 29.2 Å². The number of nitrogens with zero attached hydrogens (tertiary/aromatic N) is 1. The summed E-state index contributed by atoms with van der Waals surface area (Å²) >= 11 is 5.26. The van der Waals surface area contributed by atoms with Crippen LogP contribution in [0.25, 0.3) is 0 Å². The zero-order valence-corrected chi connectivity index (χ0v) is 17.5. The second-order valence-corrected chi connectivity index (χ2v) is 6.87. The average Bonchev–Trinajstić information content (AvgIpc) is 2.69. The smallest absolute Gasteiger partial charge is 0.191 e. The lowest BCUT2D eigenvalue weighted by Gasteiger charge is -2.12. The molecule has 0 aliphatic heterocycles. The molecule has 0 unspecified atom stereocenters. The van der Waals surface area contributed by atoms with E-state index < -0.39 is 0 Å². The van der Waals surface area contributed by atoms with Crippen molar-refractivity contribution in [2.45, 2.75) is 20.3 Å². The molecule has 2 aromatic carbocycles. The topological polar surface area (TPSA) is 64.1 Å². The summed E-state index contributed by atoms with van der Waals surface area (Å²) in [5.41, 5.74) is 4.42. The molecular weight excluding hydrogens is 374 g/mol. The van der Waals surface area contributed by atoms with E-state index in [1.54, 1.807) is 20.4 Å². The predicted molar refractivity (Wildman–Crippen MR) is 118 cm³/mol. The number of benzene rings is 2. The van der Waals surface area contributed by atoms with E-state index >= 15 is 0 Å². The Morgan fingerprint density at radius 2 is 1.82 bits per heavy atom. The van der Waals surface area contributed by atoms with Gasteiger partial charge in [0.25, 0.3) is 0 Å². The van der Waals surface area contributed by atoms with Crippen molar-refractivity contribution in [2.24, 2.45) is 11.0 Å². The summed E-state index contributed by atoms with van der Waals surface area (Å²) in [6.07, 6.45) is 2.66. The highest BCUT2D eigenvalue weighted by molar-refractivity contribution is 7.80. The lowest BCUT2D eigenvalue weighted by Crippen LogP contribution is -2.24. The van der Waals surface area contributed by atoms with E-state index in [9.17, 15) is 0 Å². The normalized spacial score (nSPS) is 10.8. The molecule has 2 rings (SSSR count).